The number of hydrogen-bond acceptors (Lipinski definition) is 4. The number of hydrogen-bond donors (Lipinski definition) is 1. The smallest absolute Gasteiger partial charge is 0.0798 e. The van der Waals surface area contributed by atoms with E-state index in [0.717, 1.165) is 13.1 Å². The molecule has 0 atom stereocenters. The van der Waals surface area contributed by atoms with Crippen LogP contribution in [0.15, 0.2) is 5.51 Å². The number of rotatable bonds is 9. The fourth-order valence-electron chi connectivity index (χ4n) is 1.86. The predicted molar refractivity (Wildman–Crippen MR) is 75.3 cm³/mol. The zero-order valence-corrected chi connectivity index (χ0v) is 11.9. The van der Waals surface area contributed by atoms with Crippen LogP contribution < -0.4 is 5.73 Å². The highest BCUT2D eigenvalue weighted by molar-refractivity contribution is 7.09. The summed E-state index contributed by atoms with van der Waals surface area (Å²) in [4.78, 5) is 8.07. The van der Waals surface area contributed by atoms with Crippen molar-refractivity contribution in [2.24, 2.45) is 5.73 Å². The normalized spacial score (nSPS) is 11.3. The van der Waals surface area contributed by atoms with Gasteiger partial charge < -0.3 is 10.6 Å². The van der Waals surface area contributed by atoms with Crippen LogP contribution in [-0.2, 0) is 6.54 Å². The molecule has 0 saturated heterocycles. The molecule has 0 aliphatic heterocycles. The Morgan fingerprint density at radius 1 is 1.24 bits per heavy atom. The lowest BCUT2D eigenvalue weighted by Gasteiger charge is -2.15. The topological polar surface area (TPSA) is 42.2 Å². The van der Waals surface area contributed by atoms with E-state index in [4.69, 9.17) is 5.73 Å². The van der Waals surface area contributed by atoms with Crippen LogP contribution in [0.2, 0.25) is 0 Å². The molecule has 4 heteroatoms. The number of aromatic nitrogens is 1. The molecule has 17 heavy (non-hydrogen) atoms. The highest BCUT2D eigenvalue weighted by atomic mass is 32.1. The first-order valence-corrected chi connectivity index (χ1v) is 7.39. The Balaban J connectivity index is 2.05. The molecule has 0 bridgehead atoms. The molecule has 1 rings (SSSR count). The van der Waals surface area contributed by atoms with Crippen LogP contribution >= 0.6 is 11.3 Å². The van der Waals surface area contributed by atoms with E-state index < -0.39 is 0 Å². The van der Waals surface area contributed by atoms with E-state index in [9.17, 15) is 0 Å². The minimum absolute atomic E-state index is 0.838. The zero-order chi connectivity index (χ0) is 12.5. The van der Waals surface area contributed by atoms with Crippen LogP contribution in [0.4, 0.5) is 0 Å². The summed E-state index contributed by atoms with van der Waals surface area (Å²) in [6.07, 6.45) is 6.40. The molecule has 98 valence electrons. The van der Waals surface area contributed by atoms with E-state index in [1.807, 2.05) is 5.51 Å². The third kappa shape index (κ3) is 6.15. The second-order valence-electron chi connectivity index (χ2n) is 4.66. The molecular weight excluding hydrogens is 230 g/mol. The van der Waals surface area contributed by atoms with Gasteiger partial charge in [-0.3, -0.25) is 0 Å². The van der Waals surface area contributed by atoms with Gasteiger partial charge in [-0.15, -0.1) is 11.3 Å². The van der Waals surface area contributed by atoms with Crippen LogP contribution in [0.25, 0.3) is 0 Å². The van der Waals surface area contributed by atoms with E-state index in [1.165, 1.54) is 49.2 Å². The molecule has 2 N–H and O–H groups in total. The molecule has 3 nitrogen and oxygen atoms in total. The lowest BCUT2D eigenvalue weighted by atomic mass is 10.1. The first-order valence-electron chi connectivity index (χ1n) is 6.51. The molecular formula is C13H25N3S. The van der Waals surface area contributed by atoms with Crippen molar-refractivity contribution in [2.45, 2.75) is 45.6 Å². The molecule has 1 aromatic heterocycles. The van der Waals surface area contributed by atoms with E-state index in [2.05, 4.69) is 23.9 Å². The molecule has 0 spiro atoms. The van der Waals surface area contributed by atoms with Gasteiger partial charge in [0.15, 0.2) is 0 Å². The van der Waals surface area contributed by atoms with Gasteiger partial charge in [-0.2, -0.15) is 0 Å². The summed E-state index contributed by atoms with van der Waals surface area (Å²) >= 11 is 1.76. The Bertz CT molecular complexity index is 299. The number of aryl methyl sites for hydroxylation is 1. The fourth-order valence-corrected chi connectivity index (χ4v) is 2.71. The molecule has 0 aliphatic rings. The van der Waals surface area contributed by atoms with Gasteiger partial charge in [0.1, 0.15) is 0 Å². The second kappa shape index (κ2) is 8.61. The third-order valence-electron chi connectivity index (χ3n) is 3.00. The Morgan fingerprint density at radius 2 is 1.94 bits per heavy atom. The van der Waals surface area contributed by atoms with Crippen molar-refractivity contribution in [2.75, 3.05) is 20.1 Å². The second-order valence-corrected chi connectivity index (χ2v) is 5.59. The summed E-state index contributed by atoms with van der Waals surface area (Å²) in [5.74, 6) is 0. The number of unbranched alkanes of at least 4 members (excludes halogenated alkanes) is 4. The van der Waals surface area contributed by atoms with Crippen LogP contribution in [0.1, 0.15) is 42.7 Å². The summed E-state index contributed by atoms with van der Waals surface area (Å²) < 4.78 is 0. The van der Waals surface area contributed by atoms with Gasteiger partial charge in [0, 0.05) is 11.4 Å². The van der Waals surface area contributed by atoms with Crippen LogP contribution in [0, 0.1) is 6.92 Å². The minimum Gasteiger partial charge on any atom is -0.330 e. The number of thiazole rings is 1. The fraction of sp³-hybridized carbons (Fsp3) is 0.769. The molecule has 0 aliphatic carbocycles. The van der Waals surface area contributed by atoms with Crippen LogP contribution in [0.3, 0.4) is 0 Å². The van der Waals surface area contributed by atoms with Crippen LogP contribution in [-0.4, -0.2) is 30.0 Å². The van der Waals surface area contributed by atoms with Gasteiger partial charge in [0.2, 0.25) is 0 Å². The van der Waals surface area contributed by atoms with Gasteiger partial charge in [-0.1, -0.05) is 19.3 Å². The van der Waals surface area contributed by atoms with Crippen molar-refractivity contribution in [3.05, 3.63) is 16.1 Å². The Labute approximate surface area is 109 Å². The highest BCUT2D eigenvalue weighted by Crippen LogP contribution is 2.14. The van der Waals surface area contributed by atoms with Crippen molar-refractivity contribution >= 4 is 11.3 Å². The first kappa shape index (κ1) is 14.6. The largest absolute Gasteiger partial charge is 0.330 e. The van der Waals surface area contributed by atoms with E-state index in [-0.39, 0.29) is 0 Å². The van der Waals surface area contributed by atoms with Gasteiger partial charge in [-0.25, -0.2) is 4.98 Å². The average molecular weight is 255 g/mol. The summed E-state index contributed by atoms with van der Waals surface area (Å²) in [6, 6.07) is 0. The SMILES string of the molecule is Cc1ncsc1CN(C)CCCCCCCN. The van der Waals surface area contributed by atoms with Gasteiger partial charge >= 0.3 is 0 Å². The molecule has 0 aromatic carbocycles. The molecule has 1 heterocycles. The molecule has 0 fully saturated rings. The van der Waals surface area contributed by atoms with Crippen molar-refractivity contribution in [1.29, 1.82) is 0 Å². The maximum atomic E-state index is 5.47. The van der Waals surface area contributed by atoms with Gasteiger partial charge in [-0.05, 0) is 39.9 Å². The lowest BCUT2D eigenvalue weighted by Crippen LogP contribution is -2.18. The summed E-state index contributed by atoms with van der Waals surface area (Å²) in [6.45, 7) is 5.15. The molecule has 0 saturated carbocycles. The van der Waals surface area contributed by atoms with E-state index >= 15 is 0 Å². The monoisotopic (exact) mass is 255 g/mol. The summed E-state index contributed by atoms with van der Waals surface area (Å²) in [5.41, 5.74) is 8.59. The molecule has 1 aromatic rings. The van der Waals surface area contributed by atoms with E-state index in [1.54, 1.807) is 11.3 Å². The van der Waals surface area contributed by atoms with Crippen molar-refractivity contribution < 1.29 is 0 Å². The summed E-state index contributed by atoms with van der Waals surface area (Å²) in [7, 11) is 2.19. The summed E-state index contributed by atoms with van der Waals surface area (Å²) in [5, 5.41) is 0. The van der Waals surface area contributed by atoms with Crippen molar-refractivity contribution in [1.82, 2.24) is 9.88 Å². The molecule has 0 radical (unpaired) electrons. The lowest BCUT2D eigenvalue weighted by molar-refractivity contribution is 0.318. The number of nitrogens with zero attached hydrogens (tertiary/aromatic N) is 2. The van der Waals surface area contributed by atoms with Crippen molar-refractivity contribution in [3.63, 3.8) is 0 Å². The third-order valence-corrected chi connectivity index (χ3v) is 3.92. The highest BCUT2D eigenvalue weighted by Gasteiger charge is 2.05. The average Bonchev–Trinajstić information content (AvgIpc) is 2.69. The quantitative estimate of drug-likeness (QED) is 0.690. The van der Waals surface area contributed by atoms with Gasteiger partial charge in [0.25, 0.3) is 0 Å². The minimum atomic E-state index is 0.838. The Kier molecular flexibility index (Phi) is 7.40. The van der Waals surface area contributed by atoms with Gasteiger partial charge in [0.05, 0.1) is 11.2 Å². The van der Waals surface area contributed by atoms with Crippen LogP contribution in [0.5, 0.6) is 0 Å². The Hall–Kier alpha value is -0.450. The standard InChI is InChI=1S/C13H25N3S/c1-12-13(17-11-15-12)10-16(2)9-7-5-3-4-6-8-14/h11H,3-10,14H2,1-2H3. The predicted octanol–water partition coefficient (Wildman–Crippen LogP) is 2.79. The maximum absolute atomic E-state index is 5.47. The van der Waals surface area contributed by atoms with E-state index in [0.29, 0.717) is 0 Å². The Morgan fingerprint density at radius 3 is 2.59 bits per heavy atom. The zero-order valence-electron chi connectivity index (χ0n) is 11.1. The number of nitrogens with two attached hydrogens (primary N) is 1. The molecule has 0 unspecified atom stereocenters. The van der Waals surface area contributed by atoms with Crippen molar-refractivity contribution in [3.8, 4) is 0 Å². The first-order chi connectivity index (χ1) is 8.24. The maximum Gasteiger partial charge on any atom is 0.0798 e. The molecule has 0 amide bonds.